The maximum absolute atomic E-state index is 12.4. The lowest BCUT2D eigenvalue weighted by Gasteiger charge is -2.15. The number of unbranched alkanes of at least 4 members (excludes halogenated alkanes) is 42. The Kier molecular flexibility index (Phi) is 69.3. The molecule has 0 radical (unpaired) electrons. The summed E-state index contributed by atoms with van der Waals surface area (Å²) in [4.78, 5) is 24.7. The fraction of sp³-hybridized carbons (Fsp3) is 0.766. The van der Waals surface area contributed by atoms with E-state index in [1.807, 2.05) is 0 Å². The Labute approximate surface area is 510 Å². The Morgan fingerprint density at radius 1 is 0.293 bits per heavy atom. The van der Waals surface area contributed by atoms with Crippen LogP contribution in [-0.2, 0) is 19.1 Å². The molecular weight excluding hydrogens is 1000 g/mol. The van der Waals surface area contributed by atoms with Crippen LogP contribution in [0.1, 0.15) is 361 Å². The zero-order valence-corrected chi connectivity index (χ0v) is 54.5. The third-order valence-corrected chi connectivity index (χ3v) is 15.9. The molecule has 0 fully saturated rings. The molecule has 0 aromatic carbocycles. The zero-order valence-electron chi connectivity index (χ0n) is 54.5. The Bertz CT molecular complexity index is 1530. The van der Waals surface area contributed by atoms with Gasteiger partial charge in [-0.15, -0.1) is 0 Å². The van der Waals surface area contributed by atoms with Gasteiger partial charge in [0.2, 0.25) is 0 Å². The summed E-state index contributed by atoms with van der Waals surface area (Å²) in [6, 6.07) is 0. The lowest BCUT2D eigenvalue weighted by molar-refractivity contribution is -0.161. The van der Waals surface area contributed by atoms with Gasteiger partial charge in [0.1, 0.15) is 6.61 Å². The summed E-state index contributed by atoms with van der Waals surface area (Å²) < 4.78 is 10.8. The van der Waals surface area contributed by atoms with E-state index in [1.165, 1.54) is 244 Å². The van der Waals surface area contributed by atoms with E-state index in [0.29, 0.717) is 12.8 Å². The summed E-state index contributed by atoms with van der Waals surface area (Å²) in [7, 11) is 0. The van der Waals surface area contributed by atoms with Crippen molar-refractivity contribution in [2.75, 3.05) is 13.2 Å². The molecule has 0 aromatic rings. The minimum atomic E-state index is -0.778. The average molecular weight is 1140 g/mol. The van der Waals surface area contributed by atoms with Gasteiger partial charge < -0.3 is 14.6 Å². The molecule has 0 aliphatic heterocycles. The Morgan fingerprint density at radius 2 is 0.524 bits per heavy atom. The molecule has 0 bridgehead atoms. The van der Waals surface area contributed by atoms with E-state index in [2.05, 4.69) is 111 Å². The van der Waals surface area contributed by atoms with Gasteiger partial charge in [-0.3, -0.25) is 9.59 Å². The van der Waals surface area contributed by atoms with Crippen LogP contribution in [0.15, 0.2) is 97.2 Å². The fourth-order valence-corrected chi connectivity index (χ4v) is 10.6. The quantitative estimate of drug-likeness (QED) is 0.0373. The van der Waals surface area contributed by atoms with Crippen LogP contribution >= 0.6 is 0 Å². The number of hydrogen-bond acceptors (Lipinski definition) is 5. The standard InChI is InChI=1S/C77H136O5/c1-3-5-7-9-11-13-15-17-19-21-23-25-27-29-31-33-35-36-37-38-39-40-42-44-46-48-50-52-54-56-58-60-62-64-66-68-70-72-77(80)82-75(73-78)74-81-76(79)71-69-67-65-63-61-59-57-55-53-51-49-47-45-43-41-34-32-30-28-26-24-22-20-18-16-14-12-10-8-6-4-2/h5,7,11,13,17,19,23,25,29,31,35-36,38-39,42,44,75,78H,3-4,6,8-10,12,14-16,18,20-22,24,26-28,30,32-34,37,40-41,43,45-74H2,1-2H3/b7-5-,13-11-,19-17-,25-23-,31-29-,36-35-,39-38-,44-42-. The van der Waals surface area contributed by atoms with E-state index in [9.17, 15) is 14.7 Å². The second kappa shape index (κ2) is 72.1. The number of aliphatic hydroxyl groups excluding tert-OH is 1. The van der Waals surface area contributed by atoms with Crippen LogP contribution in [0.5, 0.6) is 0 Å². The van der Waals surface area contributed by atoms with Gasteiger partial charge in [-0.2, -0.15) is 0 Å². The lowest BCUT2D eigenvalue weighted by atomic mass is 10.0. The van der Waals surface area contributed by atoms with Crippen molar-refractivity contribution in [3.63, 3.8) is 0 Å². The van der Waals surface area contributed by atoms with Crippen LogP contribution < -0.4 is 0 Å². The molecule has 1 atom stereocenters. The third-order valence-electron chi connectivity index (χ3n) is 15.9. The summed E-state index contributed by atoms with van der Waals surface area (Å²) in [5, 5.41) is 9.71. The summed E-state index contributed by atoms with van der Waals surface area (Å²) in [6.07, 6.45) is 103. The first-order chi connectivity index (χ1) is 40.6. The molecule has 0 rings (SSSR count). The Balaban J connectivity index is 3.46. The van der Waals surface area contributed by atoms with Crippen molar-refractivity contribution in [3.05, 3.63) is 97.2 Å². The predicted octanol–water partition coefficient (Wildman–Crippen LogP) is 25.0. The molecule has 0 aromatic heterocycles. The molecular formula is C77H136O5. The molecule has 5 nitrogen and oxygen atoms in total. The number of aliphatic hydroxyl groups is 1. The van der Waals surface area contributed by atoms with Crippen molar-refractivity contribution in [2.45, 2.75) is 367 Å². The molecule has 0 amide bonds. The SMILES string of the molecule is CC/C=C\C/C=C\C/C=C\C/C=C\C/C=C\C/C=C\C/C=C\C/C=C\CCCCCCCCCCCCCCC(=O)OC(CO)COC(=O)CCCCCCCCCCCCCCCCCCCCCCCCCCCCCCCCC. The largest absolute Gasteiger partial charge is 0.462 e. The van der Waals surface area contributed by atoms with E-state index in [4.69, 9.17) is 9.47 Å². The van der Waals surface area contributed by atoms with Crippen LogP contribution in [0.4, 0.5) is 0 Å². The van der Waals surface area contributed by atoms with E-state index in [-0.39, 0.29) is 25.2 Å². The molecule has 5 heteroatoms. The lowest BCUT2D eigenvalue weighted by Crippen LogP contribution is -2.28. The number of ether oxygens (including phenoxy) is 2. The molecule has 0 aliphatic carbocycles. The minimum absolute atomic E-state index is 0.0657. The van der Waals surface area contributed by atoms with Gasteiger partial charge in [-0.1, -0.05) is 368 Å². The molecule has 0 saturated carbocycles. The van der Waals surface area contributed by atoms with Crippen molar-refractivity contribution in [1.29, 1.82) is 0 Å². The van der Waals surface area contributed by atoms with Crippen molar-refractivity contribution in [3.8, 4) is 0 Å². The van der Waals surface area contributed by atoms with Gasteiger partial charge >= 0.3 is 11.9 Å². The van der Waals surface area contributed by atoms with E-state index >= 15 is 0 Å². The normalized spacial score (nSPS) is 12.8. The molecule has 82 heavy (non-hydrogen) atoms. The monoisotopic (exact) mass is 1140 g/mol. The van der Waals surface area contributed by atoms with Crippen LogP contribution in [0, 0.1) is 0 Å². The topological polar surface area (TPSA) is 72.8 Å². The molecule has 0 aliphatic rings. The molecule has 0 heterocycles. The molecule has 1 N–H and O–H groups in total. The first-order valence-electron chi connectivity index (χ1n) is 35.8. The van der Waals surface area contributed by atoms with E-state index in [1.54, 1.807) is 0 Å². The number of carbonyl (C=O) groups excluding carboxylic acids is 2. The summed E-state index contributed by atoms with van der Waals surface area (Å²) >= 11 is 0. The number of rotatable bonds is 66. The second-order valence-corrected chi connectivity index (χ2v) is 23.9. The number of hydrogen-bond donors (Lipinski definition) is 1. The van der Waals surface area contributed by atoms with Crippen molar-refractivity contribution in [2.24, 2.45) is 0 Å². The number of allylic oxidation sites excluding steroid dienone is 16. The first-order valence-corrected chi connectivity index (χ1v) is 35.8. The summed E-state index contributed by atoms with van der Waals surface area (Å²) in [6.45, 7) is 4.07. The second-order valence-electron chi connectivity index (χ2n) is 23.9. The van der Waals surface area contributed by atoms with Crippen LogP contribution in [0.2, 0.25) is 0 Å². The third kappa shape index (κ3) is 69.3. The summed E-state index contributed by atoms with van der Waals surface area (Å²) in [5.41, 5.74) is 0. The van der Waals surface area contributed by atoms with Gasteiger partial charge in [-0.05, 0) is 77.0 Å². The van der Waals surface area contributed by atoms with Gasteiger partial charge in [0.25, 0.3) is 0 Å². The van der Waals surface area contributed by atoms with Gasteiger partial charge in [0.15, 0.2) is 6.10 Å². The summed E-state index contributed by atoms with van der Waals surface area (Å²) in [5.74, 6) is -0.579. The maximum Gasteiger partial charge on any atom is 0.306 e. The molecule has 474 valence electrons. The Morgan fingerprint density at radius 3 is 0.793 bits per heavy atom. The van der Waals surface area contributed by atoms with Crippen LogP contribution in [-0.4, -0.2) is 36.4 Å². The van der Waals surface area contributed by atoms with Gasteiger partial charge in [0, 0.05) is 12.8 Å². The smallest absolute Gasteiger partial charge is 0.306 e. The van der Waals surface area contributed by atoms with Crippen LogP contribution in [0.25, 0.3) is 0 Å². The highest BCUT2D eigenvalue weighted by Crippen LogP contribution is 2.18. The van der Waals surface area contributed by atoms with Gasteiger partial charge in [0.05, 0.1) is 6.61 Å². The highest BCUT2D eigenvalue weighted by Gasteiger charge is 2.16. The minimum Gasteiger partial charge on any atom is -0.462 e. The highest BCUT2D eigenvalue weighted by atomic mass is 16.6. The fourth-order valence-electron chi connectivity index (χ4n) is 10.6. The van der Waals surface area contributed by atoms with E-state index in [0.717, 1.165) is 89.9 Å². The van der Waals surface area contributed by atoms with Crippen molar-refractivity contribution in [1.82, 2.24) is 0 Å². The molecule has 0 saturated heterocycles. The predicted molar refractivity (Wildman–Crippen MR) is 362 cm³/mol. The molecule has 1 unspecified atom stereocenters. The van der Waals surface area contributed by atoms with E-state index < -0.39 is 6.10 Å². The number of carbonyl (C=O) groups is 2. The highest BCUT2D eigenvalue weighted by molar-refractivity contribution is 5.70. The Hall–Kier alpha value is -3.18. The number of esters is 2. The van der Waals surface area contributed by atoms with Crippen LogP contribution in [0.3, 0.4) is 0 Å². The van der Waals surface area contributed by atoms with Crippen molar-refractivity contribution >= 4 is 11.9 Å². The maximum atomic E-state index is 12.4. The molecule has 0 spiro atoms. The zero-order chi connectivity index (χ0) is 59.1. The average Bonchev–Trinajstić information content (AvgIpc) is 3.49. The van der Waals surface area contributed by atoms with Crippen molar-refractivity contribution < 1.29 is 24.2 Å². The van der Waals surface area contributed by atoms with Gasteiger partial charge in [-0.25, -0.2) is 0 Å². The first kappa shape index (κ1) is 78.8.